The van der Waals surface area contributed by atoms with E-state index in [1.165, 1.54) is 26.1 Å². The maximum Gasteiger partial charge on any atom is 0.256 e. The van der Waals surface area contributed by atoms with Gasteiger partial charge in [-0.2, -0.15) is 0 Å². The Morgan fingerprint density at radius 1 is 1.10 bits per heavy atom. The van der Waals surface area contributed by atoms with Crippen LogP contribution in [0.25, 0.3) is 0 Å². The molecule has 0 fully saturated rings. The largest absolute Gasteiger partial charge is 0.456 e. The zero-order chi connectivity index (χ0) is 22.9. The molecule has 0 atom stereocenters. The fraction of sp³-hybridized carbons (Fsp3) is 0.174. The van der Waals surface area contributed by atoms with Crippen LogP contribution in [0.15, 0.2) is 47.3 Å². The number of Topliss-reactive ketones (excluding diaryl/α,β-unsaturated/α-hetero) is 1. The predicted octanol–water partition coefficient (Wildman–Crippen LogP) is 3.98. The molecule has 31 heavy (non-hydrogen) atoms. The van der Waals surface area contributed by atoms with Gasteiger partial charge >= 0.3 is 0 Å². The molecule has 2 aromatic carbocycles. The first-order valence-electron chi connectivity index (χ1n) is 9.45. The Morgan fingerprint density at radius 2 is 1.81 bits per heavy atom. The van der Waals surface area contributed by atoms with Gasteiger partial charge in [0.05, 0.1) is 5.69 Å². The Morgan fingerprint density at radius 3 is 2.42 bits per heavy atom. The molecule has 160 valence electrons. The molecule has 0 bridgehead atoms. The van der Waals surface area contributed by atoms with Crippen molar-refractivity contribution in [2.45, 2.75) is 20.8 Å². The Kier molecular flexibility index (Phi) is 5.92. The number of halogens is 1. The lowest BCUT2D eigenvalue weighted by atomic mass is 10.0. The van der Waals surface area contributed by atoms with Crippen LogP contribution in [0.4, 0.5) is 15.9 Å². The van der Waals surface area contributed by atoms with E-state index in [0.717, 1.165) is 10.6 Å². The van der Waals surface area contributed by atoms with Crippen molar-refractivity contribution >= 4 is 23.2 Å². The number of rotatable bonds is 6. The molecule has 1 heterocycles. The summed E-state index contributed by atoms with van der Waals surface area (Å²) in [5.74, 6) is -1.41. The van der Waals surface area contributed by atoms with Crippen LogP contribution in [-0.2, 0) is 7.05 Å². The zero-order valence-corrected chi connectivity index (χ0v) is 17.6. The predicted molar refractivity (Wildman–Crippen MR) is 116 cm³/mol. The second-order valence-corrected chi connectivity index (χ2v) is 7.19. The summed E-state index contributed by atoms with van der Waals surface area (Å²) in [6.07, 6.45) is 0. The highest BCUT2D eigenvalue weighted by atomic mass is 19.1. The molecule has 0 unspecified atom stereocenters. The summed E-state index contributed by atoms with van der Waals surface area (Å²) >= 11 is 0. The van der Waals surface area contributed by atoms with Crippen molar-refractivity contribution in [2.24, 2.45) is 12.8 Å². The monoisotopic (exact) mass is 423 g/mol. The summed E-state index contributed by atoms with van der Waals surface area (Å²) in [6.45, 7) is 4.86. The van der Waals surface area contributed by atoms with Gasteiger partial charge in [0.25, 0.3) is 11.5 Å². The molecule has 0 aliphatic heterocycles. The number of aryl methyl sites for hydroxylation is 1. The van der Waals surface area contributed by atoms with E-state index in [-0.39, 0.29) is 34.4 Å². The third-order valence-corrected chi connectivity index (χ3v) is 4.91. The summed E-state index contributed by atoms with van der Waals surface area (Å²) in [6, 6.07) is 10.5. The summed E-state index contributed by atoms with van der Waals surface area (Å²) in [5, 5.41) is 2.78. The molecule has 7 nitrogen and oxygen atoms in total. The lowest BCUT2D eigenvalue weighted by Gasteiger charge is -2.19. The molecule has 0 radical (unpaired) electrons. The maximum absolute atomic E-state index is 14.4. The van der Waals surface area contributed by atoms with Crippen LogP contribution in [0, 0.1) is 19.7 Å². The normalized spacial score (nSPS) is 10.6. The molecule has 1 aromatic heterocycles. The van der Waals surface area contributed by atoms with Crippen molar-refractivity contribution in [3.8, 4) is 11.5 Å². The standard InChI is InChI=1S/C23H22FN3O4/c1-12-8-9-17(16(24)10-12)26-23-21(22(25)30)19(11-20(29)27(23)4)31-18-7-5-6-15(13(18)2)14(3)28/h5-11,26H,1-4H3,(H2,25,30). The molecule has 0 spiro atoms. The summed E-state index contributed by atoms with van der Waals surface area (Å²) in [4.78, 5) is 36.7. The number of carbonyl (C=O) groups excluding carboxylic acids is 2. The van der Waals surface area contributed by atoms with E-state index < -0.39 is 17.3 Å². The lowest BCUT2D eigenvalue weighted by molar-refractivity contribution is 0.0993. The van der Waals surface area contributed by atoms with Crippen LogP contribution in [0.1, 0.15) is 38.8 Å². The van der Waals surface area contributed by atoms with Crippen molar-refractivity contribution in [1.82, 2.24) is 4.57 Å². The van der Waals surface area contributed by atoms with E-state index in [4.69, 9.17) is 10.5 Å². The highest BCUT2D eigenvalue weighted by Crippen LogP contribution is 2.33. The number of carbonyl (C=O) groups is 2. The van der Waals surface area contributed by atoms with E-state index in [1.807, 2.05) is 0 Å². The van der Waals surface area contributed by atoms with Gasteiger partial charge in [0, 0.05) is 24.2 Å². The topological polar surface area (TPSA) is 103 Å². The highest BCUT2D eigenvalue weighted by molar-refractivity contribution is 6.01. The zero-order valence-electron chi connectivity index (χ0n) is 17.6. The van der Waals surface area contributed by atoms with Crippen LogP contribution in [0.3, 0.4) is 0 Å². The molecule has 0 aliphatic rings. The first-order valence-corrected chi connectivity index (χ1v) is 9.45. The van der Waals surface area contributed by atoms with E-state index >= 15 is 0 Å². The molecule has 1 amide bonds. The van der Waals surface area contributed by atoms with E-state index in [0.29, 0.717) is 16.7 Å². The van der Waals surface area contributed by atoms with Crippen molar-refractivity contribution < 1.29 is 18.7 Å². The van der Waals surface area contributed by atoms with Gasteiger partial charge in [-0.1, -0.05) is 18.2 Å². The number of anilines is 2. The van der Waals surface area contributed by atoms with Gasteiger partial charge in [-0.3, -0.25) is 19.0 Å². The second kappa shape index (κ2) is 8.43. The summed E-state index contributed by atoms with van der Waals surface area (Å²) in [5.41, 5.74) is 6.73. The summed E-state index contributed by atoms with van der Waals surface area (Å²) < 4.78 is 21.4. The number of amides is 1. The van der Waals surface area contributed by atoms with Crippen LogP contribution in [0.2, 0.25) is 0 Å². The number of ether oxygens (including phenoxy) is 1. The van der Waals surface area contributed by atoms with Crippen LogP contribution in [0.5, 0.6) is 11.5 Å². The Bertz CT molecular complexity index is 1260. The number of nitrogens with one attached hydrogen (secondary N) is 1. The van der Waals surface area contributed by atoms with Gasteiger partial charge in [-0.05, 0) is 44.5 Å². The molecular weight excluding hydrogens is 401 g/mol. The van der Waals surface area contributed by atoms with Crippen molar-refractivity contribution in [1.29, 1.82) is 0 Å². The maximum atomic E-state index is 14.4. The Hall–Kier alpha value is -3.94. The number of pyridine rings is 1. The van der Waals surface area contributed by atoms with Gasteiger partial charge < -0.3 is 15.8 Å². The fourth-order valence-corrected chi connectivity index (χ4v) is 3.21. The third-order valence-electron chi connectivity index (χ3n) is 4.91. The molecule has 3 aromatic rings. The average molecular weight is 423 g/mol. The molecule has 8 heteroatoms. The minimum atomic E-state index is -0.874. The van der Waals surface area contributed by atoms with Crippen LogP contribution >= 0.6 is 0 Å². The minimum absolute atomic E-state index is 0.0156. The Labute approximate surface area is 178 Å². The van der Waals surface area contributed by atoms with Crippen molar-refractivity contribution in [3.05, 3.63) is 80.9 Å². The molecule has 0 saturated carbocycles. The minimum Gasteiger partial charge on any atom is -0.456 e. The number of primary amides is 1. The SMILES string of the molecule is CC(=O)c1cccc(Oc2cc(=O)n(C)c(Nc3ccc(C)cc3F)c2C(N)=O)c1C. The molecule has 0 aliphatic carbocycles. The molecule has 0 saturated heterocycles. The van der Waals surface area contributed by atoms with Crippen molar-refractivity contribution in [3.63, 3.8) is 0 Å². The number of ketones is 1. The average Bonchev–Trinajstić information content (AvgIpc) is 2.68. The third kappa shape index (κ3) is 4.32. The van der Waals surface area contributed by atoms with Gasteiger partial charge in [-0.15, -0.1) is 0 Å². The number of hydrogen-bond donors (Lipinski definition) is 2. The molecular formula is C23H22FN3O4. The van der Waals surface area contributed by atoms with Gasteiger partial charge in [0.15, 0.2) is 5.78 Å². The molecule has 3 rings (SSSR count). The van der Waals surface area contributed by atoms with Crippen molar-refractivity contribution in [2.75, 3.05) is 5.32 Å². The van der Waals surface area contributed by atoms with Gasteiger partial charge in [-0.25, -0.2) is 4.39 Å². The second-order valence-electron chi connectivity index (χ2n) is 7.19. The molecule has 3 N–H and O–H groups in total. The number of aromatic nitrogens is 1. The van der Waals surface area contributed by atoms with Gasteiger partial charge in [0.2, 0.25) is 0 Å². The summed E-state index contributed by atoms with van der Waals surface area (Å²) in [7, 11) is 1.43. The van der Waals surface area contributed by atoms with Crippen LogP contribution in [-0.4, -0.2) is 16.3 Å². The quantitative estimate of drug-likeness (QED) is 0.584. The number of nitrogens with two attached hydrogens (primary N) is 1. The van der Waals surface area contributed by atoms with Gasteiger partial charge in [0.1, 0.15) is 28.7 Å². The number of benzene rings is 2. The van der Waals surface area contributed by atoms with Crippen LogP contribution < -0.4 is 21.3 Å². The number of nitrogens with zero attached hydrogens (tertiary/aromatic N) is 1. The van der Waals surface area contributed by atoms with E-state index in [9.17, 15) is 18.8 Å². The first kappa shape index (κ1) is 21.8. The fourth-order valence-electron chi connectivity index (χ4n) is 3.21. The number of hydrogen-bond acceptors (Lipinski definition) is 5. The van der Waals surface area contributed by atoms with E-state index in [2.05, 4.69) is 5.32 Å². The highest BCUT2D eigenvalue weighted by Gasteiger charge is 2.22. The Balaban J connectivity index is 2.17. The lowest BCUT2D eigenvalue weighted by Crippen LogP contribution is -2.25. The first-order chi connectivity index (χ1) is 14.6. The van der Waals surface area contributed by atoms with E-state index in [1.54, 1.807) is 38.1 Å². The smallest absolute Gasteiger partial charge is 0.256 e.